The van der Waals surface area contributed by atoms with Crippen molar-refractivity contribution in [2.45, 2.75) is 19.4 Å². The first-order valence-corrected chi connectivity index (χ1v) is 5.92. The Morgan fingerprint density at radius 2 is 2.50 bits per heavy atom. The second-order valence-electron chi connectivity index (χ2n) is 4.47. The lowest BCUT2D eigenvalue weighted by molar-refractivity contribution is 0.0698. The summed E-state index contributed by atoms with van der Waals surface area (Å²) in [6.45, 7) is 3.54. The minimum atomic E-state index is -1.05. The number of rotatable bonds is 4. The summed E-state index contributed by atoms with van der Waals surface area (Å²) in [6, 6.07) is 1.46. The third-order valence-electron chi connectivity index (χ3n) is 3.24. The number of aromatic carboxylic acids is 1. The van der Waals surface area contributed by atoms with E-state index >= 15 is 0 Å². The number of aromatic nitrogens is 1. The van der Waals surface area contributed by atoms with Gasteiger partial charge in [0, 0.05) is 19.1 Å². The van der Waals surface area contributed by atoms with E-state index in [1.54, 1.807) is 0 Å². The monoisotopic (exact) mass is 251 g/mol. The van der Waals surface area contributed by atoms with Crippen LogP contribution in [-0.4, -0.2) is 35.3 Å². The van der Waals surface area contributed by atoms with E-state index in [1.807, 2.05) is 6.92 Å². The zero-order chi connectivity index (χ0) is 13.1. The van der Waals surface area contributed by atoms with E-state index in [1.165, 1.54) is 12.3 Å². The molecule has 98 valence electrons. The largest absolute Gasteiger partial charge is 0.478 e. The number of ether oxygens (including phenoxy) is 1. The molecule has 6 heteroatoms. The summed E-state index contributed by atoms with van der Waals surface area (Å²) < 4.78 is 5.46. The molecule has 4 N–H and O–H groups in total. The molecule has 2 heterocycles. The molecule has 0 radical (unpaired) electrons. The second-order valence-corrected chi connectivity index (χ2v) is 4.47. The van der Waals surface area contributed by atoms with Crippen LogP contribution in [0.25, 0.3) is 0 Å². The number of hydrogen-bond acceptors (Lipinski definition) is 5. The summed E-state index contributed by atoms with van der Waals surface area (Å²) in [5, 5.41) is 12.1. The molecule has 2 rings (SSSR count). The van der Waals surface area contributed by atoms with Crippen LogP contribution in [0.3, 0.4) is 0 Å². The van der Waals surface area contributed by atoms with Crippen LogP contribution in [-0.2, 0) is 4.74 Å². The van der Waals surface area contributed by atoms with Crippen LogP contribution in [0.4, 0.5) is 11.5 Å². The van der Waals surface area contributed by atoms with Crippen molar-refractivity contribution in [2.75, 3.05) is 24.2 Å². The minimum Gasteiger partial charge on any atom is -0.478 e. The highest BCUT2D eigenvalue weighted by molar-refractivity contribution is 5.94. The molecule has 2 atom stereocenters. The highest BCUT2D eigenvalue weighted by Gasteiger charge is 2.23. The molecule has 6 nitrogen and oxygen atoms in total. The average Bonchev–Trinajstić information content (AvgIpc) is 2.73. The van der Waals surface area contributed by atoms with Crippen LogP contribution in [0, 0.1) is 5.92 Å². The number of anilines is 2. The molecule has 18 heavy (non-hydrogen) atoms. The third kappa shape index (κ3) is 2.70. The Hall–Kier alpha value is -1.82. The molecule has 0 bridgehead atoms. The van der Waals surface area contributed by atoms with Gasteiger partial charge in [0.05, 0.1) is 23.6 Å². The Labute approximate surface area is 105 Å². The predicted molar refractivity (Wildman–Crippen MR) is 67.6 cm³/mol. The molecule has 1 aliphatic rings. The fourth-order valence-electron chi connectivity index (χ4n) is 2.03. The van der Waals surface area contributed by atoms with Crippen LogP contribution >= 0.6 is 0 Å². The van der Waals surface area contributed by atoms with Crippen molar-refractivity contribution in [1.82, 2.24) is 4.98 Å². The molecule has 0 amide bonds. The number of nitrogens with one attached hydrogen (secondary N) is 1. The Morgan fingerprint density at radius 3 is 3.11 bits per heavy atom. The summed E-state index contributed by atoms with van der Waals surface area (Å²) in [6.07, 6.45) is 2.60. The first-order valence-electron chi connectivity index (χ1n) is 5.92. The first-order chi connectivity index (χ1) is 8.58. The van der Waals surface area contributed by atoms with E-state index in [4.69, 9.17) is 15.6 Å². The van der Waals surface area contributed by atoms with Crippen LogP contribution < -0.4 is 11.1 Å². The van der Waals surface area contributed by atoms with Gasteiger partial charge in [0.15, 0.2) is 0 Å². The second kappa shape index (κ2) is 5.22. The maximum atomic E-state index is 10.9. The number of nitrogens with two attached hydrogens (primary N) is 1. The molecule has 1 fully saturated rings. The summed E-state index contributed by atoms with van der Waals surface area (Å²) in [4.78, 5) is 15.0. The number of carboxylic acids is 1. The van der Waals surface area contributed by atoms with E-state index in [0.717, 1.165) is 19.6 Å². The SMILES string of the molecule is CC1OCCC1CNc1cc(C(=O)O)c(N)cn1. The fraction of sp³-hybridized carbons (Fsp3) is 0.500. The quantitative estimate of drug-likeness (QED) is 0.744. The number of carboxylic acid groups (broad SMARTS) is 1. The van der Waals surface area contributed by atoms with Crippen molar-refractivity contribution in [3.8, 4) is 0 Å². The average molecular weight is 251 g/mol. The van der Waals surface area contributed by atoms with Gasteiger partial charge in [0.1, 0.15) is 5.82 Å². The number of carbonyl (C=O) groups is 1. The predicted octanol–water partition coefficient (Wildman–Crippen LogP) is 1.20. The molecular weight excluding hydrogens is 234 g/mol. The Balaban J connectivity index is 2.01. The smallest absolute Gasteiger partial charge is 0.337 e. The normalized spacial score (nSPS) is 22.9. The van der Waals surface area contributed by atoms with Gasteiger partial charge in [0.25, 0.3) is 0 Å². The third-order valence-corrected chi connectivity index (χ3v) is 3.24. The summed E-state index contributed by atoms with van der Waals surface area (Å²) in [5.41, 5.74) is 5.78. The van der Waals surface area contributed by atoms with E-state index in [-0.39, 0.29) is 17.4 Å². The van der Waals surface area contributed by atoms with E-state index in [9.17, 15) is 4.79 Å². The maximum absolute atomic E-state index is 10.9. The molecule has 1 aliphatic heterocycles. The van der Waals surface area contributed by atoms with Crippen LogP contribution in [0.2, 0.25) is 0 Å². The lowest BCUT2D eigenvalue weighted by Crippen LogP contribution is -2.21. The number of nitrogens with zero attached hydrogens (tertiary/aromatic N) is 1. The highest BCUT2D eigenvalue weighted by Crippen LogP contribution is 2.21. The molecule has 2 unspecified atom stereocenters. The molecule has 1 aromatic rings. The van der Waals surface area contributed by atoms with E-state index in [0.29, 0.717) is 11.7 Å². The van der Waals surface area contributed by atoms with Crippen molar-refractivity contribution in [3.05, 3.63) is 17.8 Å². The zero-order valence-electron chi connectivity index (χ0n) is 10.2. The topological polar surface area (TPSA) is 97.5 Å². The van der Waals surface area contributed by atoms with Crippen molar-refractivity contribution in [3.63, 3.8) is 0 Å². The Kier molecular flexibility index (Phi) is 3.66. The highest BCUT2D eigenvalue weighted by atomic mass is 16.5. The summed E-state index contributed by atoms with van der Waals surface area (Å²) in [7, 11) is 0. The van der Waals surface area contributed by atoms with Gasteiger partial charge < -0.3 is 20.9 Å². The van der Waals surface area contributed by atoms with E-state index in [2.05, 4.69) is 10.3 Å². The molecule has 0 aliphatic carbocycles. The van der Waals surface area contributed by atoms with Gasteiger partial charge in [-0.2, -0.15) is 0 Å². The van der Waals surface area contributed by atoms with Crippen LogP contribution in [0.5, 0.6) is 0 Å². The van der Waals surface area contributed by atoms with Crippen molar-refractivity contribution >= 4 is 17.5 Å². The molecule has 1 aromatic heterocycles. The number of nitrogen functional groups attached to an aromatic ring is 1. The number of hydrogen-bond donors (Lipinski definition) is 3. The molecule has 0 spiro atoms. The minimum absolute atomic E-state index is 0.0724. The van der Waals surface area contributed by atoms with Crippen LogP contribution in [0.1, 0.15) is 23.7 Å². The van der Waals surface area contributed by atoms with Gasteiger partial charge >= 0.3 is 5.97 Å². The van der Waals surface area contributed by atoms with Gasteiger partial charge in [-0.3, -0.25) is 0 Å². The van der Waals surface area contributed by atoms with Gasteiger partial charge in [0.2, 0.25) is 0 Å². The van der Waals surface area contributed by atoms with Crippen molar-refractivity contribution in [1.29, 1.82) is 0 Å². The summed E-state index contributed by atoms with van der Waals surface area (Å²) in [5.74, 6) is -0.0890. The Bertz CT molecular complexity index is 450. The zero-order valence-corrected chi connectivity index (χ0v) is 10.2. The standard InChI is InChI=1S/C12H17N3O3/c1-7-8(2-3-18-7)5-14-11-4-9(12(16)17)10(13)6-15-11/h4,6-8H,2-3,5,13H2,1H3,(H,14,15)(H,16,17). The number of pyridine rings is 1. The fourth-order valence-corrected chi connectivity index (χ4v) is 2.03. The lowest BCUT2D eigenvalue weighted by atomic mass is 10.0. The van der Waals surface area contributed by atoms with Crippen LogP contribution in [0.15, 0.2) is 12.3 Å². The molecule has 0 saturated carbocycles. The van der Waals surface area contributed by atoms with E-state index < -0.39 is 5.97 Å². The van der Waals surface area contributed by atoms with Gasteiger partial charge in [-0.25, -0.2) is 9.78 Å². The lowest BCUT2D eigenvalue weighted by Gasteiger charge is -2.15. The van der Waals surface area contributed by atoms with Gasteiger partial charge in [-0.1, -0.05) is 0 Å². The maximum Gasteiger partial charge on any atom is 0.337 e. The molecular formula is C12H17N3O3. The van der Waals surface area contributed by atoms with Crippen molar-refractivity contribution in [2.24, 2.45) is 5.92 Å². The van der Waals surface area contributed by atoms with Gasteiger partial charge in [-0.15, -0.1) is 0 Å². The van der Waals surface area contributed by atoms with Crippen molar-refractivity contribution < 1.29 is 14.6 Å². The molecule has 1 saturated heterocycles. The molecule has 0 aromatic carbocycles. The van der Waals surface area contributed by atoms with Gasteiger partial charge in [-0.05, 0) is 19.4 Å². The first kappa shape index (κ1) is 12.6. The Morgan fingerprint density at radius 1 is 1.72 bits per heavy atom. The summed E-state index contributed by atoms with van der Waals surface area (Å²) >= 11 is 0.